The fourth-order valence-corrected chi connectivity index (χ4v) is 2.87. The molecule has 0 fully saturated rings. The highest BCUT2D eigenvalue weighted by atomic mass is 33.1. The average Bonchev–Trinajstić information content (AvgIpc) is 2.61. The molecule has 140 valence electrons. The number of hydrogen-bond donors (Lipinski definition) is 1. The van der Waals surface area contributed by atoms with Crippen molar-refractivity contribution in [1.82, 2.24) is 4.90 Å². The fourth-order valence-electron chi connectivity index (χ4n) is 1.53. The quantitative estimate of drug-likeness (QED) is 0.317. The van der Waals surface area contributed by atoms with Crippen LogP contribution in [-0.2, 0) is 9.06 Å². The number of nitroso groups, excluding NO2 is 1. The van der Waals surface area contributed by atoms with E-state index in [1.165, 1.54) is 0 Å². The lowest BCUT2D eigenvalue weighted by Crippen LogP contribution is -2.23. The molecule has 10 heteroatoms. The maximum atomic E-state index is 10.9. The molecule has 0 aromatic heterocycles. The molecule has 2 N–H and O–H groups in total. The number of aliphatic imine (C=N–C) groups is 2. The zero-order valence-corrected chi connectivity index (χ0v) is 16.5. The van der Waals surface area contributed by atoms with Crippen LogP contribution in [0.3, 0.4) is 0 Å². The third-order valence-electron chi connectivity index (χ3n) is 2.63. The third-order valence-corrected chi connectivity index (χ3v) is 4.95. The summed E-state index contributed by atoms with van der Waals surface area (Å²) in [6.07, 6.45) is 0.548. The summed E-state index contributed by atoms with van der Waals surface area (Å²) in [5, 5.41) is 0. The molecule has 0 amide bonds. The van der Waals surface area contributed by atoms with Crippen molar-refractivity contribution in [3.63, 3.8) is 0 Å². The van der Waals surface area contributed by atoms with Crippen LogP contribution in [0.25, 0.3) is 0 Å². The summed E-state index contributed by atoms with van der Waals surface area (Å²) in [4.78, 5) is 20.5. The molecule has 1 rings (SSSR count). The standard InChI is InChI=1S/C13H19N5O3S2.C2H6/c1-18(2)13(16-11-6-4-3-5-7-11)8-9-15-12(14)10-22-23(20,21)17-19;1-2/h3-7H,8-10H2,1-2H3,(H2,14,15);1-2H3. The second-order valence-corrected chi connectivity index (χ2v) is 8.15. The Kier molecular flexibility index (Phi) is 11.5. The normalized spacial score (nSPS) is 12.2. The monoisotopic (exact) mass is 387 g/mol. The van der Waals surface area contributed by atoms with E-state index in [1.807, 2.05) is 67.8 Å². The van der Waals surface area contributed by atoms with E-state index in [0.717, 1.165) is 11.5 Å². The summed E-state index contributed by atoms with van der Waals surface area (Å²) in [5.41, 5.74) is 6.46. The molecule has 0 heterocycles. The second kappa shape index (κ2) is 12.4. The third kappa shape index (κ3) is 10.5. The van der Waals surface area contributed by atoms with Gasteiger partial charge in [0, 0.05) is 37.9 Å². The summed E-state index contributed by atoms with van der Waals surface area (Å²) in [6, 6.07) is 9.52. The summed E-state index contributed by atoms with van der Waals surface area (Å²) >= 11 is 0. The largest absolute Gasteiger partial charge is 0.387 e. The summed E-state index contributed by atoms with van der Waals surface area (Å²) < 4.78 is 23.9. The minimum absolute atomic E-state index is 0.0960. The summed E-state index contributed by atoms with van der Waals surface area (Å²) in [6.45, 7) is 4.37. The van der Waals surface area contributed by atoms with Gasteiger partial charge in [0.05, 0.1) is 16.0 Å². The van der Waals surface area contributed by atoms with Gasteiger partial charge in [0.15, 0.2) is 0 Å². The van der Waals surface area contributed by atoms with E-state index in [2.05, 4.69) is 9.98 Å². The van der Waals surface area contributed by atoms with Crippen molar-refractivity contribution in [3.8, 4) is 0 Å². The molecule has 0 saturated carbocycles. The highest BCUT2D eigenvalue weighted by molar-refractivity contribution is 8.71. The predicted molar refractivity (Wildman–Crippen MR) is 107 cm³/mol. The topological polar surface area (TPSA) is 118 Å². The van der Waals surface area contributed by atoms with Crippen LogP contribution < -0.4 is 5.73 Å². The van der Waals surface area contributed by atoms with Gasteiger partial charge in [-0.2, -0.15) is 8.42 Å². The number of nitrogens with zero attached hydrogens (tertiary/aromatic N) is 4. The lowest BCUT2D eigenvalue weighted by atomic mass is 10.3. The van der Waals surface area contributed by atoms with Crippen molar-refractivity contribution in [1.29, 1.82) is 0 Å². The molecular weight excluding hydrogens is 362 g/mol. The van der Waals surface area contributed by atoms with Crippen molar-refractivity contribution in [2.24, 2.45) is 20.3 Å². The smallest absolute Gasteiger partial charge is 0.341 e. The van der Waals surface area contributed by atoms with E-state index < -0.39 is 9.06 Å². The Balaban J connectivity index is 0.00000277. The van der Waals surface area contributed by atoms with Gasteiger partial charge in [0.1, 0.15) is 11.7 Å². The number of para-hydroxylation sites is 1. The Morgan fingerprint density at radius 2 is 1.80 bits per heavy atom. The Labute approximate surface area is 153 Å². The van der Waals surface area contributed by atoms with Gasteiger partial charge in [-0.05, 0) is 12.1 Å². The molecule has 8 nitrogen and oxygen atoms in total. The number of amidine groups is 2. The van der Waals surface area contributed by atoms with Gasteiger partial charge >= 0.3 is 9.06 Å². The van der Waals surface area contributed by atoms with Crippen LogP contribution >= 0.6 is 10.8 Å². The van der Waals surface area contributed by atoms with Gasteiger partial charge in [0.25, 0.3) is 0 Å². The van der Waals surface area contributed by atoms with E-state index in [0.29, 0.717) is 23.8 Å². The number of benzene rings is 1. The van der Waals surface area contributed by atoms with Crippen LogP contribution in [0, 0.1) is 4.91 Å². The van der Waals surface area contributed by atoms with E-state index in [1.54, 1.807) is 0 Å². The first kappa shape index (κ1) is 23.1. The van der Waals surface area contributed by atoms with Crippen LogP contribution in [0.4, 0.5) is 5.69 Å². The van der Waals surface area contributed by atoms with Crippen LogP contribution in [0.5, 0.6) is 0 Å². The highest BCUT2D eigenvalue weighted by Crippen LogP contribution is 2.13. The second-order valence-electron chi connectivity index (χ2n) is 4.65. The molecule has 0 radical (unpaired) electrons. The van der Waals surface area contributed by atoms with E-state index >= 15 is 0 Å². The van der Waals surface area contributed by atoms with Gasteiger partial charge in [-0.15, -0.1) is 4.91 Å². The van der Waals surface area contributed by atoms with Crippen LogP contribution in [0.1, 0.15) is 20.3 Å². The van der Waals surface area contributed by atoms with Crippen molar-refractivity contribution in [2.45, 2.75) is 20.3 Å². The molecule has 0 atom stereocenters. The highest BCUT2D eigenvalue weighted by Gasteiger charge is 2.11. The molecular formula is C15H25N5O3S2. The lowest BCUT2D eigenvalue weighted by molar-refractivity contribution is 0.604. The summed E-state index contributed by atoms with van der Waals surface area (Å²) in [5.74, 6) is 0.865. The van der Waals surface area contributed by atoms with Gasteiger partial charge in [-0.1, -0.05) is 32.0 Å². The number of rotatable bonds is 8. The molecule has 0 spiro atoms. The maximum Gasteiger partial charge on any atom is 0.341 e. The zero-order chi connectivity index (χ0) is 19.3. The first-order valence-corrected chi connectivity index (χ1v) is 10.6. The molecule has 0 aliphatic carbocycles. The molecule has 0 aliphatic heterocycles. The van der Waals surface area contributed by atoms with Crippen LogP contribution in [0.15, 0.2) is 44.9 Å². The van der Waals surface area contributed by atoms with E-state index in [9.17, 15) is 13.3 Å². The molecule has 0 aliphatic rings. The zero-order valence-electron chi connectivity index (χ0n) is 14.9. The molecule has 25 heavy (non-hydrogen) atoms. The maximum absolute atomic E-state index is 10.9. The predicted octanol–water partition coefficient (Wildman–Crippen LogP) is 2.80. The first-order valence-electron chi connectivity index (χ1n) is 7.67. The van der Waals surface area contributed by atoms with Gasteiger partial charge < -0.3 is 10.6 Å². The lowest BCUT2D eigenvalue weighted by Gasteiger charge is -2.15. The van der Waals surface area contributed by atoms with Crippen LogP contribution in [-0.4, -0.2) is 51.4 Å². The Morgan fingerprint density at radius 1 is 1.20 bits per heavy atom. The Hall–Kier alpha value is -1.94. The molecule has 0 bridgehead atoms. The van der Waals surface area contributed by atoms with Crippen LogP contribution in [0.2, 0.25) is 0 Å². The van der Waals surface area contributed by atoms with E-state index in [-0.39, 0.29) is 11.6 Å². The first-order chi connectivity index (χ1) is 11.8. The average molecular weight is 388 g/mol. The molecule has 1 aromatic carbocycles. The summed E-state index contributed by atoms with van der Waals surface area (Å²) in [7, 11) is 0.0984. The SMILES string of the molecule is CC.CN(C)C(CCN=C(N)CSS(=O)(=O)N=O)=Nc1ccccc1. The molecule has 0 unspecified atom stereocenters. The fraction of sp³-hybridized carbons (Fsp3) is 0.467. The van der Waals surface area contributed by atoms with Gasteiger partial charge in [0.2, 0.25) is 0 Å². The van der Waals surface area contributed by atoms with Gasteiger partial charge in [-0.25, -0.2) is 4.99 Å². The number of nitrogens with two attached hydrogens (primary N) is 1. The molecule has 0 saturated heterocycles. The minimum Gasteiger partial charge on any atom is -0.387 e. The van der Waals surface area contributed by atoms with Crippen molar-refractivity contribution in [3.05, 3.63) is 35.2 Å². The number of hydrogen-bond acceptors (Lipinski definition) is 6. The van der Waals surface area contributed by atoms with Crippen molar-refractivity contribution < 1.29 is 8.42 Å². The Bertz CT molecular complexity index is 674. The Morgan fingerprint density at radius 3 is 2.32 bits per heavy atom. The van der Waals surface area contributed by atoms with Gasteiger partial charge in [-0.3, -0.25) is 4.99 Å². The van der Waals surface area contributed by atoms with Crippen molar-refractivity contribution >= 4 is 37.2 Å². The molecule has 1 aromatic rings. The van der Waals surface area contributed by atoms with Crippen molar-refractivity contribution in [2.75, 3.05) is 26.4 Å². The minimum atomic E-state index is -4.02. The van der Waals surface area contributed by atoms with E-state index in [4.69, 9.17) is 5.73 Å².